The van der Waals surface area contributed by atoms with Crippen molar-refractivity contribution in [1.82, 2.24) is 4.98 Å². The Morgan fingerprint density at radius 1 is 1.71 bits per heavy atom. The van der Waals surface area contributed by atoms with Crippen LogP contribution in [0.15, 0.2) is 12.3 Å². The molecule has 1 aromatic rings. The number of nitro groups is 1. The van der Waals surface area contributed by atoms with Crippen LogP contribution in [0.3, 0.4) is 0 Å². The summed E-state index contributed by atoms with van der Waals surface area (Å²) in [4.78, 5) is 24.3. The lowest BCUT2D eigenvalue weighted by atomic mass is 10.2. The van der Waals surface area contributed by atoms with Crippen molar-refractivity contribution in [2.75, 3.05) is 7.11 Å². The van der Waals surface area contributed by atoms with Gasteiger partial charge in [-0.05, 0) is 0 Å². The van der Waals surface area contributed by atoms with Gasteiger partial charge in [-0.25, -0.2) is 4.98 Å². The molecule has 88 valence electrons. The van der Waals surface area contributed by atoms with Gasteiger partial charge in [-0.2, -0.15) is 0 Å². The number of hydrogen-bond donors (Lipinski definition) is 0. The molecule has 1 rings (SSSR count). The normalized spacial score (nSPS) is 9.06. The lowest BCUT2D eigenvalue weighted by molar-refractivity contribution is -0.385. The van der Waals surface area contributed by atoms with E-state index >= 15 is 0 Å². The van der Waals surface area contributed by atoms with Crippen LogP contribution in [0.1, 0.15) is 12.0 Å². The average Bonchev–Trinajstić information content (AvgIpc) is 2.30. The highest BCUT2D eigenvalue weighted by atomic mass is 35.5. The summed E-state index contributed by atoms with van der Waals surface area (Å²) in [6.07, 6.45) is 0.920. The molecule has 6 nitrogen and oxygen atoms in total. The number of rotatable bonds is 2. The van der Waals surface area contributed by atoms with Crippen molar-refractivity contribution in [3.63, 3.8) is 0 Å². The number of carbonyl (C=O) groups is 1. The van der Waals surface area contributed by atoms with Crippen LogP contribution in [0, 0.1) is 22.0 Å². The smallest absolute Gasteiger partial charge is 0.317 e. The van der Waals surface area contributed by atoms with Crippen LogP contribution in [0.4, 0.5) is 5.69 Å². The molecule has 0 bridgehead atoms. The van der Waals surface area contributed by atoms with Crippen molar-refractivity contribution in [1.29, 1.82) is 0 Å². The number of nitrogens with zero attached hydrogens (tertiary/aromatic N) is 2. The number of esters is 1. The Morgan fingerprint density at radius 3 is 3.00 bits per heavy atom. The molecule has 1 heterocycles. The molecule has 0 fully saturated rings. The van der Waals surface area contributed by atoms with Crippen LogP contribution in [0.25, 0.3) is 0 Å². The first-order valence-electron chi connectivity index (χ1n) is 4.40. The number of carbonyl (C=O) groups excluding carboxylic acids is 1. The predicted octanol–water partition coefficient (Wildman–Crippen LogP) is 1.56. The molecule has 7 heteroatoms. The molecule has 1 aromatic heterocycles. The minimum atomic E-state index is -0.602. The third-order valence-electron chi connectivity index (χ3n) is 1.72. The average molecular weight is 255 g/mol. The Balaban J connectivity index is 2.93. The highest BCUT2D eigenvalue weighted by Crippen LogP contribution is 2.17. The van der Waals surface area contributed by atoms with E-state index in [0.717, 1.165) is 6.20 Å². The summed E-state index contributed by atoms with van der Waals surface area (Å²) in [6, 6.07) is 1.19. The molecule has 0 unspecified atom stereocenters. The van der Waals surface area contributed by atoms with E-state index in [9.17, 15) is 14.9 Å². The SMILES string of the molecule is COC(=O)CC#Cc1cc([N+](=O)[O-])cnc1Cl. The van der Waals surface area contributed by atoms with E-state index in [1.54, 1.807) is 0 Å². The van der Waals surface area contributed by atoms with Gasteiger partial charge in [-0.1, -0.05) is 23.4 Å². The lowest BCUT2D eigenvalue weighted by Crippen LogP contribution is -1.97. The van der Waals surface area contributed by atoms with Gasteiger partial charge in [0.2, 0.25) is 0 Å². The Labute approximate surface area is 102 Å². The summed E-state index contributed by atoms with van der Waals surface area (Å²) in [6.45, 7) is 0. The van der Waals surface area contributed by atoms with E-state index in [-0.39, 0.29) is 22.8 Å². The monoisotopic (exact) mass is 254 g/mol. The highest BCUT2D eigenvalue weighted by molar-refractivity contribution is 6.30. The van der Waals surface area contributed by atoms with Crippen molar-refractivity contribution in [3.05, 3.63) is 33.1 Å². The minimum absolute atomic E-state index is 0.0490. The van der Waals surface area contributed by atoms with Crippen LogP contribution >= 0.6 is 11.6 Å². The quantitative estimate of drug-likeness (QED) is 0.263. The number of hydrogen-bond acceptors (Lipinski definition) is 5. The molecule has 0 amide bonds. The molecule has 0 saturated heterocycles. The Hall–Kier alpha value is -2.13. The molecular weight excluding hydrogens is 248 g/mol. The Bertz CT molecular complexity index is 519. The van der Waals surface area contributed by atoms with E-state index < -0.39 is 10.9 Å². The zero-order valence-corrected chi connectivity index (χ0v) is 9.52. The summed E-state index contributed by atoms with van der Waals surface area (Å²) in [5.41, 5.74) is -0.0125. The molecule has 0 radical (unpaired) electrons. The van der Waals surface area contributed by atoms with E-state index in [2.05, 4.69) is 21.6 Å². The topological polar surface area (TPSA) is 82.3 Å². The van der Waals surface area contributed by atoms with Gasteiger partial charge in [0.1, 0.15) is 17.8 Å². The first-order chi connectivity index (χ1) is 8.04. The first kappa shape index (κ1) is 12.9. The number of ether oxygens (including phenoxy) is 1. The van der Waals surface area contributed by atoms with Gasteiger partial charge in [-0.3, -0.25) is 14.9 Å². The molecule has 0 aliphatic rings. The maximum absolute atomic E-state index is 10.8. The van der Waals surface area contributed by atoms with Crippen LogP contribution in [0.5, 0.6) is 0 Å². The molecule has 0 atom stereocenters. The van der Waals surface area contributed by atoms with E-state index in [0.29, 0.717) is 0 Å². The molecular formula is C10H7ClN2O4. The second kappa shape index (κ2) is 5.82. The second-order valence-electron chi connectivity index (χ2n) is 2.84. The van der Waals surface area contributed by atoms with Gasteiger partial charge in [-0.15, -0.1) is 0 Å². The zero-order valence-electron chi connectivity index (χ0n) is 8.77. The van der Waals surface area contributed by atoms with Crippen molar-refractivity contribution in [2.45, 2.75) is 6.42 Å². The maximum atomic E-state index is 10.8. The molecule has 0 aliphatic heterocycles. The molecule has 0 N–H and O–H groups in total. The summed E-state index contributed by atoms with van der Waals surface area (Å²) in [5.74, 6) is 4.52. The lowest BCUT2D eigenvalue weighted by Gasteiger charge is -1.95. The van der Waals surface area contributed by atoms with Crippen LogP contribution in [0.2, 0.25) is 5.15 Å². The third-order valence-corrected chi connectivity index (χ3v) is 2.02. The summed E-state index contributed by atoms with van der Waals surface area (Å²) in [5, 5.41) is 10.5. The number of halogens is 1. The highest BCUT2D eigenvalue weighted by Gasteiger charge is 2.09. The van der Waals surface area contributed by atoms with E-state index in [1.807, 2.05) is 0 Å². The molecule has 0 saturated carbocycles. The fraction of sp³-hybridized carbons (Fsp3) is 0.200. The van der Waals surface area contributed by atoms with Crippen molar-refractivity contribution in [3.8, 4) is 11.8 Å². The second-order valence-corrected chi connectivity index (χ2v) is 3.20. The Morgan fingerprint density at radius 2 is 2.41 bits per heavy atom. The van der Waals surface area contributed by atoms with Gasteiger partial charge in [0.25, 0.3) is 5.69 Å². The maximum Gasteiger partial charge on any atom is 0.317 e. The van der Waals surface area contributed by atoms with Gasteiger partial charge in [0.15, 0.2) is 0 Å². The Kier molecular flexibility index (Phi) is 4.43. The number of aromatic nitrogens is 1. The van der Waals surface area contributed by atoms with Gasteiger partial charge < -0.3 is 4.74 Å². The zero-order chi connectivity index (χ0) is 12.8. The molecule has 0 aliphatic carbocycles. The standard InChI is InChI=1S/C10H7ClN2O4/c1-17-9(14)4-2-3-7-5-8(13(15)16)6-12-10(7)11/h5-6H,4H2,1H3. The molecule has 17 heavy (non-hydrogen) atoms. The summed E-state index contributed by atoms with van der Waals surface area (Å²) in [7, 11) is 1.24. The van der Waals surface area contributed by atoms with E-state index in [4.69, 9.17) is 11.6 Å². The van der Waals surface area contributed by atoms with E-state index in [1.165, 1.54) is 13.2 Å². The third kappa shape index (κ3) is 3.74. The van der Waals surface area contributed by atoms with Crippen LogP contribution in [-0.2, 0) is 9.53 Å². The first-order valence-corrected chi connectivity index (χ1v) is 4.78. The van der Waals surface area contributed by atoms with Crippen molar-refractivity contribution < 1.29 is 14.5 Å². The largest absolute Gasteiger partial charge is 0.468 e. The van der Waals surface area contributed by atoms with Crippen molar-refractivity contribution in [2.24, 2.45) is 0 Å². The number of methoxy groups -OCH3 is 1. The van der Waals surface area contributed by atoms with Crippen LogP contribution in [-0.4, -0.2) is 23.0 Å². The van der Waals surface area contributed by atoms with Gasteiger partial charge in [0, 0.05) is 6.07 Å². The predicted molar refractivity (Wildman–Crippen MR) is 59.4 cm³/mol. The fourth-order valence-electron chi connectivity index (χ4n) is 0.908. The van der Waals surface area contributed by atoms with Gasteiger partial charge >= 0.3 is 5.97 Å². The number of pyridine rings is 1. The molecule has 0 aromatic carbocycles. The summed E-state index contributed by atoms with van der Waals surface area (Å²) < 4.78 is 4.38. The van der Waals surface area contributed by atoms with Gasteiger partial charge in [0.05, 0.1) is 17.6 Å². The fourth-order valence-corrected chi connectivity index (χ4v) is 1.06. The molecule has 0 spiro atoms. The summed E-state index contributed by atoms with van der Waals surface area (Å²) >= 11 is 5.70. The minimum Gasteiger partial charge on any atom is -0.468 e. The van der Waals surface area contributed by atoms with Crippen LogP contribution < -0.4 is 0 Å². The van der Waals surface area contributed by atoms with Crippen molar-refractivity contribution >= 4 is 23.3 Å².